The monoisotopic (exact) mass is 343 g/mol. The molecule has 3 heterocycles. The van der Waals surface area contributed by atoms with Crippen molar-refractivity contribution in [3.05, 3.63) is 39.9 Å². The van der Waals surface area contributed by atoms with Crippen molar-refractivity contribution >= 4 is 32.7 Å². The molecule has 21 heavy (non-hydrogen) atoms. The minimum absolute atomic E-state index is 0.0136. The zero-order valence-corrected chi connectivity index (χ0v) is 13.9. The first-order valence-corrected chi connectivity index (χ1v) is 10.0. The lowest BCUT2D eigenvalue weighted by Gasteiger charge is -2.23. The molecular weight excluding hydrogens is 326 g/mol. The zero-order valence-electron chi connectivity index (χ0n) is 11.5. The van der Waals surface area contributed by atoms with Gasteiger partial charge < -0.3 is 4.74 Å². The lowest BCUT2D eigenvalue weighted by atomic mass is 10.2. The van der Waals surface area contributed by atoms with Crippen molar-refractivity contribution in [3.63, 3.8) is 0 Å². The summed E-state index contributed by atoms with van der Waals surface area (Å²) >= 11 is 2.84. The van der Waals surface area contributed by atoms with Gasteiger partial charge in [-0.25, -0.2) is 8.42 Å². The van der Waals surface area contributed by atoms with E-state index in [0.29, 0.717) is 17.3 Å². The first kappa shape index (κ1) is 15.2. The third-order valence-electron chi connectivity index (χ3n) is 3.43. The Bertz CT molecular complexity index is 644. The standard InChI is InChI=1S/C14H17NO3S3/c16-21(17,14-6-3-9-20-14)15(10-12-4-1-7-18-12)11-13-5-2-8-19-13/h2-3,5-6,8-9,12H,1,4,7,10-11H2. The van der Waals surface area contributed by atoms with Gasteiger partial charge >= 0.3 is 0 Å². The second-order valence-corrected chi connectivity index (χ2v) is 9.09. The van der Waals surface area contributed by atoms with Gasteiger partial charge in [0.2, 0.25) is 0 Å². The summed E-state index contributed by atoms with van der Waals surface area (Å²) in [5, 5.41) is 3.76. The number of rotatable bonds is 6. The first-order valence-electron chi connectivity index (χ1n) is 6.84. The molecule has 1 aliphatic rings. The van der Waals surface area contributed by atoms with Gasteiger partial charge in [-0.2, -0.15) is 4.31 Å². The van der Waals surface area contributed by atoms with E-state index in [1.54, 1.807) is 33.2 Å². The molecule has 2 aromatic heterocycles. The second-order valence-electron chi connectivity index (χ2n) is 4.94. The van der Waals surface area contributed by atoms with E-state index in [1.807, 2.05) is 17.5 Å². The van der Waals surface area contributed by atoms with E-state index in [-0.39, 0.29) is 6.10 Å². The summed E-state index contributed by atoms with van der Waals surface area (Å²) in [5.41, 5.74) is 0. The molecule has 1 atom stereocenters. The van der Waals surface area contributed by atoms with Crippen LogP contribution in [-0.2, 0) is 21.3 Å². The van der Waals surface area contributed by atoms with Gasteiger partial charge in [-0.3, -0.25) is 0 Å². The molecule has 0 saturated carbocycles. The predicted octanol–water partition coefficient (Wildman–Crippen LogP) is 3.18. The number of hydrogen-bond acceptors (Lipinski definition) is 5. The Morgan fingerprint density at radius 3 is 2.67 bits per heavy atom. The van der Waals surface area contributed by atoms with E-state index in [1.165, 1.54) is 11.3 Å². The number of ether oxygens (including phenoxy) is 1. The molecule has 7 heteroatoms. The Balaban J connectivity index is 1.83. The summed E-state index contributed by atoms with van der Waals surface area (Å²) in [5.74, 6) is 0. The predicted molar refractivity (Wildman–Crippen MR) is 85.2 cm³/mol. The molecule has 114 valence electrons. The van der Waals surface area contributed by atoms with E-state index < -0.39 is 10.0 Å². The Kier molecular flexibility index (Phi) is 4.75. The van der Waals surface area contributed by atoms with Crippen molar-refractivity contribution in [2.45, 2.75) is 29.7 Å². The molecule has 1 fully saturated rings. The molecule has 0 amide bonds. The lowest BCUT2D eigenvalue weighted by Crippen LogP contribution is -2.36. The summed E-state index contributed by atoms with van der Waals surface area (Å²) in [6.45, 7) is 1.58. The van der Waals surface area contributed by atoms with Gasteiger partial charge in [0.1, 0.15) is 4.21 Å². The van der Waals surface area contributed by atoms with Crippen LogP contribution < -0.4 is 0 Å². The topological polar surface area (TPSA) is 46.6 Å². The van der Waals surface area contributed by atoms with Gasteiger partial charge in [0.15, 0.2) is 0 Å². The van der Waals surface area contributed by atoms with Crippen LogP contribution in [-0.4, -0.2) is 32.0 Å². The highest BCUT2D eigenvalue weighted by Gasteiger charge is 2.30. The highest BCUT2D eigenvalue weighted by atomic mass is 32.2. The fourth-order valence-electron chi connectivity index (χ4n) is 2.38. The summed E-state index contributed by atoms with van der Waals surface area (Å²) in [7, 11) is -3.44. The second kappa shape index (κ2) is 6.58. The van der Waals surface area contributed by atoms with Crippen LogP contribution >= 0.6 is 22.7 Å². The van der Waals surface area contributed by atoms with Crippen LogP contribution in [0.4, 0.5) is 0 Å². The average Bonchev–Trinajstić information content (AvgIpc) is 3.22. The summed E-state index contributed by atoms with van der Waals surface area (Å²) < 4.78 is 33.2. The van der Waals surface area contributed by atoms with Gasteiger partial charge in [-0.1, -0.05) is 12.1 Å². The third-order valence-corrected chi connectivity index (χ3v) is 7.48. The van der Waals surface area contributed by atoms with Gasteiger partial charge in [0, 0.05) is 24.6 Å². The van der Waals surface area contributed by atoms with Crippen LogP contribution in [0.15, 0.2) is 39.2 Å². The number of sulfonamides is 1. The Labute approximate surface area is 133 Å². The molecule has 0 aromatic carbocycles. The van der Waals surface area contributed by atoms with E-state index >= 15 is 0 Å². The Hall–Kier alpha value is -0.730. The van der Waals surface area contributed by atoms with Crippen LogP contribution in [0.1, 0.15) is 17.7 Å². The SMILES string of the molecule is O=S(=O)(c1cccs1)N(Cc1cccs1)CC1CCCO1. The van der Waals surface area contributed by atoms with Crippen LogP contribution in [0.25, 0.3) is 0 Å². The highest BCUT2D eigenvalue weighted by molar-refractivity contribution is 7.91. The number of nitrogens with zero attached hydrogens (tertiary/aromatic N) is 1. The minimum atomic E-state index is -3.44. The molecule has 0 N–H and O–H groups in total. The number of thiophene rings is 2. The van der Waals surface area contributed by atoms with E-state index in [4.69, 9.17) is 4.74 Å². The maximum Gasteiger partial charge on any atom is 0.252 e. The molecule has 1 unspecified atom stereocenters. The molecule has 1 aliphatic heterocycles. The van der Waals surface area contributed by atoms with Crippen molar-refractivity contribution in [1.82, 2.24) is 4.31 Å². The fourth-order valence-corrected chi connectivity index (χ4v) is 5.77. The molecule has 0 radical (unpaired) electrons. The quantitative estimate of drug-likeness (QED) is 0.809. The van der Waals surface area contributed by atoms with Crippen LogP contribution in [0.5, 0.6) is 0 Å². The molecule has 4 nitrogen and oxygen atoms in total. The summed E-state index contributed by atoms with van der Waals surface area (Å²) in [6, 6.07) is 7.35. The molecule has 0 aliphatic carbocycles. The molecule has 0 spiro atoms. The van der Waals surface area contributed by atoms with Gasteiger partial charge in [-0.15, -0.1) is 22.7 Å². The fraction of sp³-hybridized carbons (Fsp3) is 0.429. The van der Waals surface area contributed by atoms with Crippen molar-refractivity contribution in [1.29, 1.82) is 0 Å². The van der Waals surface area contributed by atoms with Crippen molar-refractivity contribution < 1.29 is 13.2 Å². The van der Waals surface area contributed by atoms with Crippen molar-refractivity contribution in [3.8, 4) is 0 Å². The minimum Gasteiger partial charge on any atom is -0.377 e. The number of hydrogen-bond donors (Lipinski definition) is 0. The highest BCUT2D eigenvalue weighted by Crippen LogP contribution is 2.26. The van der Waals surface area contributed by atoms with Crippen LogP contribution in [0, 0.1) is 0 Å². The Morgan fingerprint density at radius 2 is 2.05 bits per heavy atom. The zero-order chi connectivity index (χ0) is 14.7. The molecule has 1 saturated heterocycles. The summed E-state index contributed by atoms with van der Waals surface area (Å²) in [6.07, 6.45) is 1.96. The van der Waals surface area contributed by atoms with Crippen LogP contribution in [0.2, 0.25) is 0 Å². The molecule has 2 aromatic rings. The molecular formula is C14H17NO3S3. The molecule has 3 rings (SSSR count). The largest absolute Gasteiger partial charge is 0.377 e. The summed E-state index contributed by atoms with van der Waals surface area (Å²) in [4.78, 5) is 1.05. The van der Waals surface area contributed by atoms with Crippen molar-refractivity contribution in [2.24, 2.45) is 0 Å². The van der Waals surface area contributed by atoms with E-state index in [0.717, 1.165) is 24.3 Å². The maximum absolute atomic E-state index is 12.8. The third kappa shape index (κ3) is 3.54. The Morgan fingerprint density at radius 1 is 1.24 bits per heavy atom. The van der Waals surface area contributed by atoms with Crippen LogP contribution in [0.3, 0.4) is 0 Å². The lowest BCUT2D eigenvalue weighted by molar-refractivity contribution is 0.0928. The van der Waals surface area contributed by atoms with Gasteiger partial charge in [0.05, 0.1) is 6.10 Å². The van der Waals surface area contributed by atoms with Gasteiger partial charge in [0.25, 0.3) is 10.0 Å². The average molecular weight is 343 g/mol. The van der Waals surface area contributed by atoms with Gasteiger partial charge in [-0.05, 0) is 35.7 Å². The first-order chi connectivity index (χ1) is 10.2. The van der Waals surface area contributed by atoms with E-state index in [9.17, 15) is 8.42 Å². The van der Waals surface area contributed by atoms with Crippen molar-refractivity contribution in [2.75, 3.05) is 13.2 Å². The smallest absolute Gasteiger partial charge is 0.252 e. The molecule has 0 bridgehead atoms. The normalized spacial score (nSPS) is 19.4. The maximum atomic E-state index is 12.8. The van der Waals surface area contributed by atoms with E-state index in [2.05, 4.69) is 0 Å².